The minimum Gasteiger partial charge on any atom is -0.420 e. The Morgan fingerprint density at radius 3 is 2.50 bits per heavy atom. The van der Waals surface area contributed by atoms with E-state index in [2.05, 4.69) is 26.1 Å². The number of benzene rings is 1. The van der Waals surface area contributed by atoms with Crippen molar-refractivity contribution in [3.63, 3.8) is 0 Å². The quantitative estimate of drug-likeness (QED) is 0.793. The van der Waals surface area contributed by atoms with Gasteiger partial charge in [0.1, 0.15) is 17.2 Å². The van der Waals surface area contributed by atoms with Crippen molar-refractivity contribution in [1.29, 1.82) is 0 Å². The van der Waals surface area contributed by atoms with E-state index in [1.807, 2.05) is 0 Å². The van der Waals surface area contributed by atoms with Gasteiger partial charge in [-0.15, -0.1) is 21.8 Å². The van der Waals surface area contributed by atoms with Crippen LogP contribution < -0.4 is 0 Å². The number of nitrogens with zero attached hydrogens (tertiary/aromatic N) is 2. The predicted octanol–water partition coefficient (Wildman–Crippen LogP) is 3.95. The van der Waals surface area contributed by atoms with Gasteiger partial charge >= 0.3 is 0 Å². The molecular weight excluding hydrogens is 329 g/mol. The molecule has 0 saturated carbocycles. The maximum atomic E-state index is 13.6. The third kappa shape index (κ3) is 2.87. The van der Waals surface area contributed by atoms with E-state index >= 15 is 0 Å². The van der Waals surface area contributed by atoms with E-state index < -0.39 is 11.6 Å². The van der Waals surface area contributed by atoms with Crippen molar-refractivity contribution in [2.24, 2.45) is 0 Å². The molecule has 0 spiro atoms. The lowest BCUT2D eigenvalue weighted by Crippen LogP contribution is -1.90. The fraction of sp³-hybridized carbons (Fsp3) is 0.273. The summed E-state index contributed by atoms with van der Waals surface area (Å²) in [7, 11) is 0. The molecular formula is C11H8BrClF2N2O. The van der Waals surface area contributed by atoms with Gasteiger partial charge in [-0.25, -0.2) is 8.78 Å². The number of aromatic nitrogens is 2. The molecule has 0 aliphatic heterocycles. The molecule has 2 rings (SSSR count). The molecule has 96 valence electrons. The van der Waals surface area contributed by atoms with Gasteiger partial charge < -0.3 is 4.42 Å². The van der Waals surface area contributed by atoms with E-state index in [0.29, 0.717) is 29.1 Å². The van der Waals surface area contributed by atoms with Crippen LogP contribution in [-0.2, 0) is 6.42 Å². The van der Waals surface area contributed by atoms with Crippen molar-refractivity contribution in [3.05, 3.63) is 34.1 Å². The minimum absolute atomic E-state index is 0.165. The van der Waals surface area contributed by atoms with Crippen LogP contribution in [0.2, 0.25) is 0 Å². The van der Waals surface area contributed by atoms with Gasteiger partial charge in [0.25, 0.3) is 5.89 Å². The summed E-state index contributed by atoms with van der Waals surface area (Å²) in [6.45, 7) is 0. The van der Waals surface area contributed by atoms with Crippen molar-refractivity contribution in [3.8, 4) is 11.5 Å². The smallest absolute Gasteiger partial charge is 0.253 e. The molecule has 18 heavy (non-hydrogen) atoms. The topological polar surface area (TPSA) is 38.9 Å². The van der Waals surface area contributed by atoms with E-state index in [9.17, 15) is 8.78 Å². The third-order valence-corrected chi connectivity index (χ3v) is 2.94. The second-order valence-corrected chi connectivity index (χ2v) is 4.83. The fourth-order valence-electron chi connectivity index (χ4n) is 1.42. The van der Waals surface area contributed by atoms with Gasteiger partial charge in [-0.1, -0.05) is 15.9 Å². The van der Waals surface area contributed by atoms with Crippen LogP contribution in [0, 0.1) is 11.6 Å². The first-order valence-electron chi connectivity index (χ1n) is 5.15. The minimum atomic E-state index is -0.755. The van der Waals surface area contributed by atoms with Crippen LogP contribution in [0.5, 0.6) is 0 Å². The summed E-state index contributed by atoms with van der Waals surface area (Å²) >= 11 is 8.53. The molecule has 0 bridgehead atoms. The zero-order chi connectivity index (χ0) is 13.1. The van der Waals surface area contributed by atoms with Crippen LogP contribution in [0.4, 0.5) is 8.78 Å². The Balaban J connectivity index is 2.34. The zero-order valence-corrected chi connectivity index (χ0v) is 11.4. The van der Waals surface area contributed by atoms with Gasteiger partial charge in [0.2, 0.25) is 5.89 Å². The zero-order valence-electron chi connectivity index (χ0n) is 9.09. The van der Waals surface area contributed by atoms with Gasteiger partial charge in [0.15, 0.2) is 0 Å². The highest BCUT2D eigenvalue weighted by Gasteiger charge is 2.18. The summed E-state index contributed by atoms with van der Waals surface area (Å²) in [4.78, 5) is 0. The molecule has 7 heteroatoms. The number of halogens is 4. The number of alkyl halides is 1. The van der Waals surface area contributed by atoms with Crippen molar-refractivity contribution in [1.82, 2.24) is 10.2 Å². The normalized spacial score (nSPS) is 10.9. The average molecular weight is 338 g/mol. The van der Waals surface area contributed by atoms with Gasteiger partial charge in [-0.3, -0.25) is 0 Å². The van der Waals surface area contributed by atoms with Crippen molar-refractivity contribution in [2.45, 2.75) is 12.8 Å². The first kappa shape index (κ1) is 13.4. The van der Waals surface area contributed by atoms with Gasteiger partial charge in [-0.05, 0) is 18.6 Å². The molecule has 0 saturated heterocycles. The highest BCUT2D eigenvalue weighted by Crippen LogP contribution is 2.28. The molecule has 0 unspecified atom stereocenters. The van der Waals surface area contributed by atoms with E-state index in [4.69, 9.17) is 16.0 Å². The Hall–Kier alpha value is -1.01. The van der Waals surface area contributed by atoms with Crippen LogP contribution >= 0.6 is 27.5 Å². The van der Waals surface area contributed by atoms with E-state index in [1.165, 1.54) is 0 Å². The van der Waals surface area contributed by atoms with Crippen molar-refractivity contribution in [2.75, 3.05) is 5.88 Å². The summed E-state index contributed by atoms with van der Waals surface area (Å²) in [6.07, 6.45) is 1.14. The SMILES string of the molecule is Fc1cc(Br)cc(F)c1-c1nnc(CCCCl)o1. The van der Waals surface area contributed by atoms with Crippen molar-refractivity contribution >= 4 is 27.5 Å². The Kier molecular flexibility index (Phi) is 4.29. The second-order valence-electron chi connectivity index (χ2n) is 3.54. The van der Waals surface area contributed by atoms with Crippen LogP contribution in [0.15, 0.2) is 21.0 Å². The van der Waals surface area contributed by atoms with E-state index in [0.717, 1.165) is 12.1 Å². The van der Waals surface area contributed by atoms with Crippen LogP contribution in [0.25, 0.3) is 11.5 Å². The summed E-state index contributed by atoms with van der Waals surface area (Å²) in [5.41, 5.74) is -0.317. The Bertz CT molecular complexity index is 539. The molecule has 0 amide bonds. The number of hydrogen-bond donors (Lipinski definition) is 0. The molecule has 0 atom stereocenters. The molecule has 0 aliphatic rings. The lowest BCUT2D eigenvalue weighted by atomic mass is 10.2. The summed E-state index contributed by atoms with van der Waals surface area (Å²) in [5, 5.41) is 7.35. The van der Waals surface area contributed by atoms with Gasteiger partial charge in [0, 0.05) is 16.8 Å². The Morgan fingerprint density at radius 2 is 1.89 bits per heavy atom. The highest BCUT2D eigenvalue weighted by atomic mass is 79.9. The Morgan fingerprint density at radius 1 is 1.22 bits per heavy atom. The number of aryl methyl sites for hydroxylation is 1. The van der Waals surface area contributed by atoms with Gasteiger partial charge in [0.05, 0.1) is 0 Å². The molecule has 1 aromatic carbocycles. The molecule has 0 fully saturated rings. The molecule has 0 aliphatic carbocycles. The average Bonchev–Trinajstić information content (AvgIpc) is 2.73. The third-order valence-electron chi connectivity index (χ3n) is 2.21. The summed E-state index contributed by atoms with van der Waals surface area (Å²) in [6, 6.07) is 2.28. The molecule has 1 aromatic heterocycles. The highest BCUT2D eigenvalue weighted by molar-refractivity contribution is 9.10. The number of rotatable bonds is 4. The fourth-order valence-corrected chi connectivity index (χ4v) is 1.96. The molecule has 2 aromatic rings. The Labute approximate surface area is 115 Å². The molecule has 0 radical (unpaired) electrons. The maximum Gasteiger partial charge on any atom is 0.253 e. The van der Waals surface area contributed by atoms with E-state index in [1.54, 1.807) is 0 Å². The van der Waals surface area contributed by atoms with Crippen LogP contribution in [-0.4, -0.2) is 16.1 Å². The largest absolute Gasteiger partial charge is 0.420 e. The van der Waals surface area contributed by atoms with E-state index in [-0.39, 0.29) is 11.5 Å². The lowest BCUT2D eigenvalue weighted by Gasteiger charge is -2.00. The molecule has 3 nitrogen and oxygen atoms in total. The molecule has 0 N–H and O–H groups in total. The first-order valence-corrected chi connectivity index (χ1v) is 6.48. The summed E-state index contributed by atoms with van der Waals surface area (Å²) < 4.78 is 32.8. The van der Waals surface area contributed by atoms with Crippen molar-refractivity contribution < 1.29 is 13.2 Å². The standard InChI is InChI=1S/C11H8BrClF2N2O/c12-6-4-7(14)10(8(15)5-6)11-17-16-9(18-11)2-1-3-13/h4-5H,1-3H2. The van der Waals surface area contributed by atoms with Gasteiger partial charge in [-0.2, -0.15) is 0 Å². The second kappa shape index (κ2) is 5.75. The monoisotopic (exact) mass is 336 g/mol. The van der Waals surface area contributed by atoms with Crippen LogP contribution in [0.3, 0.4) is 0 Å². The lowest BCUT2D eigenvalue weighted by molar-refractivity contribution is 0.492. The first-order chi connectivity index (χ1) is 8.61. The number of hydrogen-bond acceptors (Lipinski definition) is 3. The maximum absolute atomic E-state index is 13.6. The predicted molar refractivity (Wildman–Crippen MR) is 66.4 cm³/mol. The molecule has 1 heterocycles. The van der Waals surface area contributed by atoms with Crippen LogP contribution in [0.1, 0.15) is 12.3 Å². The summed E-state index contributed by atoms with van der Waals surface area (Å²) in [5.74, 6) is -0.906.